The monoisotopic (exact) mass is 211 g/mol. The van der Waals surface area contributed by atoms with Gasteiger partial charge in [0, 0.05) is 17.8 Å². The Morgan fingerprint density at radius 1 is 1.40 bits per heavy atom. The number of carbonyl (C=O) groups excluding carboxylic acids is 1. The Hall–Kier alpha value is -1.12. The van der Waals surface area contributed by atoms with Gasteiger partial charge in [-0.1, -0.05) is 13.8 Å². The Labute approximate surface area is 92.2 Å². The Balaban J connectivity index is 4.33. The summed E-state index contributed by atoms with van der Waals surface area (Å²) in [6.07, 6.45) is 1.76. The molecule has 0 fully saturated rings. The van der Waals surface area contributed by atoms with Gasteiger partial charge in [0.15, 0.2) is 0 Å². The van der Waals surface area contributed by atoms with Crippen LogP contribution in [0.15, 0.2) is 16.6 Å². The lowest BCUT2D eigenvalue weighted by Crippen LogP contribution is -2.06. The normalized spacial score (nSPS) is 13.2. The third-order valence-electron chi connectivity index (χ3n) is 1.73. The molecule has 0 bridgehead atoms. The molecule has 0 heterocycles. The van der Waals surface area contributed by atoms with Gasteiger partial charge >= 0.3 is 5.97 Å². The van der Waals surface area contributed by atoms with Crippen LogP contribution >= 0.6 is 0 Å². The molecule has 0 aliphatic rings. The van der Waals surface area contributed by atoms with Crippen molar-refractivity contribution in [2.24, 2.45) is 10.9 Å². The maximum atomic E-state index is 11.3. The maximum Gasteiger partial charge on any atom is 0.333 e. The van der Waals surface area contributed by atoms with Crippen LogP contribution in [0.3, 0.4) is 0 Å². The molecule has 0 aromatic rings. The molecule has 0 radical (unpaired) electrons. The van der Waals surface area contributed by atoms with E-state index >= 15 is 0 Å². The van der Waals surface area contributed by atoms with Crippen molar-refractivity contribution in [3.05, 3.63) is 11.6 Å². The number of rotatable bonds is 5. The molecule has 0 aromatic carbocycles. The molecule has 15 heavy (non-hydrogen) atoms. The zero-order chi connectivity index (χ0) is 11.8. The fourth-order valence-electron chi connectivity index (χ4n) is 0.989. The summed E-state index contributed by atoms with van der Waals surface area (Å²) in [6, 6.07) is 0. The standard InChI is InChI=1S/C12H21NO2/c1-6-15-12(14)10(4)7-11(5)13-8-9(2)3/h7,9H,6,8H2,1-5H3/b10-7+,13-11-. The van der Waals surface area contributed by atoms with Crippen LogP contribution in [0, 0.1) is 5.92 Å². The highest BCUT2D eigenvalue weighted by molar-refractivity contribution is 6.00. The first-order valence-electron chi connectivity index (χ1n) is 5.33. The first kappa shape index (κ1) is 13.9. The molecule has 0 unspecified atom stereocenters. The van der Waals surface area contributed by atoms with Gasteiger partial charge in [-0.05, 0) is 32.8 Å². The van der Waals surface area contributed by atoms with Gasteiger partial charge in [-0.3, -0.25) is 4.99 Å². The minimum atomic E-state index is -0.267. The van der Waals surface area contributed by atoms with E-state index in [1.165, 1.54) is 0 Å². The molecule has 0 aromatic heterocycles. The fraction of sp³-hybridized carbons (Fsp3) is 0.667. The maximum absolute atomic E-state index is 11.3. The van der Waals surface area contributed by atoms with Gasteiger partial charge in [0.25, 0.3) is 0 Å². The van der Waals surface area contributed by atoms with Crippen LogP contribution in [-0.4, -0.2) is 24.8 Å². The third kappa shape index (κ3) is 6.89. The minimum Gasteiger partial charge on any atom is -0.463 e. The summed E-state index contributed by atoms with van der Waals surface area (Å²) >= 11 is 0. The largest absolute Gasteiger partial charge is 0.463 e. The number of hydrogen-bond acceptors (Lipinski definition) is 3. The van der Waals surface area contributed by atoms with E-state index < -0.39 is 0 Å². The molecule has 0 aliphatic heterocycles. The highest BCUT2D eigenvalue weighted by Gasteiger charge is 2.04. The zero-order valence-corrected chi connectivity index (χ0v) is 10.3. The van der Waals surface area contributed by atoms with Gasteiger partial charge in [-0.15, -0.1) is 0 Å². The van der Waals surface area contributed by atoms with Crippen molar-refractivity contribution in [3.63, 3.8) is 0 Å². The van der Waals surface area contributed by atoms with Gasteiger partial charge in [-0.25, -0.2) is 4.79 Å². The Morgan fingerprint density at radius 3 is 2.47 bits per heavy atom. The number of aliphatic imine (C=N–C) groups is 1. The molecule has 0 saturated carbocycles. The number of esters is 1. The highest BCUT2D eigenvalue weighted by atomic mass is 16.5. The number of ether oxygens (including phenoxy) is 1. The Morgan fingerprint density at radius 2 is 2.00 bits per heavy atom. The van der Waals surface area contributed by atoms with Crippen LogP contribution in [-0.2, 0) is 9.53 Å². The Bertz CT molecular complexity index is 265. The SMILES string of the molecule is CCOC(=O)/C(C)=C/C(C)=N\CC(C)C. The van der Waals surface area contributed by atoms with Crippen LogP contribution in [0.2, 0.25) is 0 Å². The van der Waals surface area contributed by atoms with Crippen LogP contribution in [0.1, 0.15) is 34.6 Å². The number of hydrogen-bond donors (Lipinski definition) is 0. The van der Waals surface area contributed by atoms with E-state index in [1.807, 2.05) is 6.92 Å². The van der Waals surface area contributed by atoms with Gasteiger partial charge in [0.05, 0.1) is 6.61 Å². The van der Waals surface area contributed by atoms with E-state index in [4.69, 9.17) is 4.74 Å². The lowest BCUT2D eigenvalue weighted by Gasteiger charge is -2.02. The topological polar surface area (TPSA) is 38.7 Å². The fourth-order valence-corrected chi connectivity index (χ4v) is 0.989. The predicted octanol–water partition coefficient (Wildman–Crippen LogP) is 2.61. The van der Waals surface area contributed by atoms with Crippen molar-refractivity contribution < 1.29 is 9.53 Å². The average molecular weight is 211 g/mol. The van der Waals surface area contributed by atoms with Crippen molar-refractivity contribution in [2.75, 3.05) is 13.2 Å². The van der Waals surface area contributed by atoms with Crippen molar-refractivity contribution in [1.82, 2.24) is 0 Å². The quantitative estimate of drug-likeness (QED) is 0.398. The Kier molecular flexibility index (Phi) is 6.67. The molecular formula is C12H21NO2. The van der Waals surface area contributed by atoms with Gasteiger partial charge < -0.3 is 4.74 Å². The molecule has 0 atom stereocenters. The predicted molar refractivity (Wildman–Crippen MR) is 63.2 cm³/mol. The molecule has 3 heteroatoms. The molecule has 86 valence electrons. The summed E-state index contributed by atoms with van der Waals surface area (Å²) in [6.45, 7) is 10.9. The lowest BCUT2D eigenvalue weighted by molar-refractivity contribution is -0.138. The zero-order valence-electron chi connectivity index (χ0n) is 10.3. The number of nitrogens with zero attached hydrogens (tertiary/aromatic N) is 1. The summed E-state index contributed by atoms with van der Waals surface area (Å²) < 4.78 is 4.87. The molecule has 0 aliphatic carbocycles. The summed E-state index contributed by atoms with van der Waals surface area (Å²) in [5.74, 6) is 0.271. The van der Waals surface area contributed by atoms with Crippen molar-refractivity contribution in [1.29, 1.82) is 0 Å². The minimum absolute atomic E-state index is 0.267. The smallest absolute Gasteiger partial charge is 0.333 e. The van der Waals surface area contributed by atoms with Gasteiger partial charge in [0.1, 0.15) is 0 Å². The first-order valence-corrected chi connectivity index (χ1v) is 5.33. The van der Waals surface area contributed by atoms with Crippen LogP contribution in [0.4, 0.5) is 0 Å². The van der Waals surface area contributed by atoms with E-state index in [-0.39, 0.29) is 5.97 Å². The van der Waals surface area contributed by atoms with Crippen molar-refractivity contribution in [3.8, 4) is 0 Å². The molecule has 0 N–H and O–H groups in total. The third-order valence-corrected chi connectivity index (χ3v) is 1.73. The van der Waals surface area contributed by atoms with Gasteiger partial charge in [0.2, 0.25) is 0 Å². The van der Waals surface area contributed by atoms with Crippen molar-refractivity contribution in [2.45, 2.75) is 34.6 Å². The van der Waals surface area contributed by atoms with E-state index in [2.05, 4.69) is 18.8 Å². The second-order valence-electron chi connectivity index (χ2n) is 3.92. The second kappa shape index (κ2) is 7.21. The molecule has 0 amide bonds. The summed E-state index contributed by atoms with van der Waals surface area (Å²) in [5.41, 5.74) is 1.47. The summed E-state index contributed by atoms with van der Waals surface area (Å²) in [5, 5.41) is 0. The second-order valence-corrected chi connectivity index (χ2v) is 3.92. The van der Waals surface area contributed by atoms with E-state index in [9.17, 15) is 4.79 Å². The average Bonchev–Trinajstić information content (AvgIpc) is 2.15. The summed E-state index contributed by atoms with van der Waals surface area (Å²) in [4.78, 5) is 15.6. The van der Waals surface area contributed by atoms with Crippen LogP contribution in [0.25, 0.3) is 0 Å². The van der Waals surface area contributed by atoms with Crippen molar-refractivity contribution >= 4 is 11.7 Å². The molecule has 3 nitrogen and oxygen atoms in total. The van der Waals surface area contributed by atoms with E-state index in [0.717, 1.165) is 12.3 Å². The number of allylic oxidation sites excluding steroid dienone is 1. The van der Waals surface area contributed by atoms with Crippen LogP contribution in [0.5, 0.6) is 0 Å². The summed E-state index contributed by atoms with van der Waals surface area (Å²) in [7, 11) is 0. The van der Waals surface area contributed by atoms with Gasteiger partial charge in [-0.2, -0.15) is 0 Å². The molecule has 0 rings (SSSR count). The molecule has 0 spiro atoms. The lowest BCUT2D eigenvalue weighted by atomic mass is 10.2. The van der Waals surface area contributed by atoms with Crippen LogP contribution < -0.4 is 0 Å². The molecule has 0 saturated heterocycles. The first-order chi connectivity index (χ1) is 6.97. The molecular weight excluding hydrogens is 190 g/mol. The highest BCUT2D eigenvalue weighted by Crippen LogP contribution is 1.99. The van der Waals surface area contributed by atoms with E-state index in [0.29, 0.717) is 18.1 Å². The van der Waals surface area contributed by atoms with E-state index in [1.54, 1.807) is 19.9 Å². The number of carbonyl (C=O) groups is 1.